The number of aromatic nitrogens is 2. The predicted octanol–water partition coefficient (Wildman–Crippen LogP) is 3.03. The van der Waals surface area contributed by atoms with Crippen molar-refractivity contribution >= 4 is 17.3 Å². The van der Waals surface area contributed by atoms with E-state index in [0.29, 0.717) is 17.0 Å². The number of hydrogen-bond donors (Lipinski definition) is 0. The first kappa shape index (κ1) is 14.0. The summed E-state index contributed by atoms with van der Waals surface area (Å²) in [6.07, 6.45) is 0. The molecule has 0 saturated carbocycles. The smallest absolute Gasteiger partial charge is 0.338 e. The van der Waals surface area contributed by atoms with Gasteiger partial charge in [0.15, 0.2) is 6.61 Å². The minimum absolute atomic E-state index is 0.118. The van der Waals surface area contributed by atoms with Crippen molar-refractivity contribution in [3.63, 3.8) is 0 Å². The molecule has 6 nitrogen and oxygen atoms in total. The average molecular weight is 311 g/mol. The minimum Gasteiger partial charge on any atom is -0.452 e. The molecule has 2 aromatic heterocycles. The third kappa shape index (κ3) is 3.02. The summed E-state index contributed by atoms with van der Waals surface area (Å²) in [6, 6.07) is 10.1. The summed E-state index contributed by atoms with van der Waals surface area (Å²) in [5.41, 5.74) is 1.55. The van der Waals surface area contributed by atoms with E-state index >= 15 is 0 Å². The molecule has 0 spiro atoms. The SMILES string of the molecule is N#Cc1cccc(C(=O)OCc2nc(-c3ccsc3)no2)c1. The highest BCUT2D eigenvalue weighted by molar-refractivity contribution is 7.08. The van der Waals surface area contributed by atoms with Crippen molar-refractivity contribution in [3.8, 4) is 17.5 Å². The molecule has 0 N–H and O–H groups in total. The summed E-state index contributed by atoms with van der Waals surface area (Å²) < 4.78 is 10.1. The molecule has 0 unspecified atom stereocenters. The Labute approximate surface area is 129 Å². The van der Waals surface area contributed by atoms with E-state index in [-0.39, 0.29) is 12.5 Å². The van der Waals surface area contributed by atoms with Crippen molar-refractivity contribution in [3.05, 3.63) is 58.1 Å². The van der Waals surface area contributed by atoms with Gasteiger partial charge < -0.3 is 9.26 Å². The molecule has 7 heteroatoms. The second-order valence-electron chi connectivity index (χ2n) is 4.29. The molecule has 0 amide bonds. The van der Waals surface area contributed by atoms with Gasteiger partial charge in [-0.3, -0.25) is 0 Å². The van der Waals surface area contributed by atoms with E-state index < -0.39 is 5.97 Å². The fourth-order valence-electron chi connectivity index (χ4n) is 1.75. The van der Waals surface area contributed by atoms with Gasteiger partial charge in [-0.2, -0.15) is 21.6 Å². The lowest BCUT2D eigenvalue weighted by Crippen LogP contribution is -2.05. The first-order valence-electron chi connectivity index (χ1n) is 6.29. The number of carbonyl (C=O) groups excluding carboxylic acids is 1. The summed E-state index contributed by atoms with van der Waals surface area (Å²) in [7, 11) is 0. The first-order valence-corrected chi connectivity index (χ1v) is 7.23. The van der Waals surface area contributed by atoms with Gasteiger partial charge in [-0.1, -0.05) is 11.2 Å². The van der Waals surface area contributed by atoms with Crippen molar-refractivity contribution in [2.24, 2.45) is 0 Å². The maximum Gasteiger partial charge on any atom is 0.338 e. The van der Waals surface area contributed by atoms with Gasteiger partial charge in [-0.05, 0) is 29.6 Å². The van der Waals surface area contributed by atoms with Crippen molar-refractivity contribution in [2.75, 3.05) is 0 Å². The molecule has 0 saturated heterocycles. The van der Waals surface area contributed by atoms with E-state index in [4.69, 9.17) is 14.5 Å². The maximum absolute atomic E-state index is 11.9. The van der Waals surface area contributed by atoms with Gasteiger partial charge in [0.1, 0.15) is 0 Å². The van der Waals surface area contributed by atoms with Crippen molar-refractivity contribution < 1.29 is 14.1 Å². The largest absolute Gasteiger partial charge is 0.452 e. The standard InChI is InChI=1S/C15H9N3O3S/c16-7-10-2-1-3-11(6-10)15(19)20-8-13-17-14(18-21-13)12-4-5-22-9-12/h1-6,9H,8H2. The Kier molecular flexibility index (Phi) is 3.94. The number of carbonyl (C=O) groups is 1. The highest BCUT2D eigenvalue weighted by Crippen LogP contribution is 2.19. The Bertz CT molecular complexity index is 834. The molecule has 0 radical (unpaired) electrons. The number of thiophene rings is 1. The normalized spacial score (nSPS) is 10.1. The Hall–Kier alpha value is -2.98. The summed E-state index contributed by atoms with van der Waals surface area (Å²) >= 11 is 1.53. The molecular weight excluding hydrogens is 302 g/mol. The zero-order valence-electron chi connectivity index (χ0n) is 11.2. The van der Waals surface area contributed by atoms with Crippen molar-refractivity contribution in [1.82, 2.24) is 10.1 Å². The average Bonchev–Trinajstić information content (AvgIpc) is 3.23. The van der Waals surface area contributed by atoms with Gasteiger partial charge in [0.2, 0.25) is 5.82 Å². The number of ether oxygens (including phenoxy) is 1. The minimum atomic E-state index is -0.549. The summed E-state index contributed by atoms with van der Waals surface area (Å²) in [5.74, 6) is 0.122. The van der Waals surface area contributed by atoms with Crippen molar-refractivity contribution in [1.29, 1.82) is 5.26 Å². The fraction of sp³-hybridized carbons (Fsp3) is 0.0667. The van der Waals surface area contributed by atoms with Gasteiger partial charge in [0.25, 0.3) is 5.89 Å². The number of benzene rings is 1. The van der Waals surface area contributed by atoms with Crippen LogP contribution in [0.1, 0.15) is 21.8 Å². The number of nitrogens with zero attached hydrogens (tertiary/aromatic N) is 3. The van der Waals surface area contributed by atoms with E-state index in [1.165, 1.54) is 17.4 Å². The number of hydrogen-bond acceptors (Lipinski definition) is 7. The number of nitriles is 1. The molecule has 3 aromatic rings. The van der Waals surface area contributed by atoms with Gasteiger partial charge >= 0.3 is 5.97 Å². The summed E-state index contributed by atoms with van der Waals surface area (Å²) in [5, 5.41) is 16.4. The molecule has 0 aliphatic rings. The van der Waals surface area contributed by atoms with Crippen LogP contribution in [-0.2, 0) is 11.3 Å². The summed E-state index contributed by atoms with van der Waals surface area (Å²) in [6.45, 7) is -0.118. The van der Waals surface area contributed by atoms with E-state index in [2.05, 4.69) is 10.1 Å². The highest BCUT2D eigenvalue weighted by atomic mass is 32.1. The van der Waals surface area contributed by atoms with Crippen LogP contribution in [0.15, 0.2) is 45.6 Å². The number of rotatable bonds is 4. The van der Waals surface area contributed by atoms with Crippen LogP contribution >= 0.6 is 11.3 Å². The Morgan fingerprint density at radius 3 is 3.09 bits per heavy atom. The number of esters is 1. The molecule has 108 valence electrons. The maximum atomic E-state index is 11.9. The van der Waals surface area contributed by atoms with E-state index in [1.807, 2.05) is 22.9 Å². The molecule has 0 atom stereocenters. The molecule has 3 rings (SSSR count). The van der Waals surface area contributed by atoms with Gasteiger partial charge in [0.05, 0.1) is 17.2 Å². The van der Waals surface area contributed by atoms with E-state index in [1.54, 1.807) is 18.2 Å². The van der Waals surface area contributed by atoms with Gasteiger partial charge in [0, 0.05) is 10.9 Å². The van der Waals surface area contributed by atoms with Gasteiger partial charge in [-0.25, -0.2) is 4.79 Å². The molecule has 0 aliphatic heterocycles. The molecule has 0 fully saturated rings. The molecule has 0 aliphatic carbocycles. The molecule has 0 bridgehead atoms. The zero-order chi connectivity index (χ0) is 15.4. The second kappa shape index (κ2) is 6.20. The van der Waals surface area contributed by atoms with Crippen LogP contribution in [-0.4, -0.2) is 16.1 Å². The van der Waals surface area contributed by atoms with Crippen LogP contribution < -0.4 is 0 Å². The van der Waals surface area contributed by atoms with Crippen LogP contribution in [0.4, 0.5) is 0 Å². The van der Waals surface area contributed by atoms with Crippen LogP contribution in [0.2, 0.25) is 0 Å². The topological polar surface area (TPSA) is 89.0 Å². The quantitative estimate of drug-likeness (QED) is 0.688. The third-order valence-electron chi connectivity index (χ3n) is 2.80. The first-order chi connectivity index (χ1) is 10.8. The van der Waals surface area contributed by atoms with Crippen LogP contribution in [0.3, 0.4) is 0 Å². The van der Waals surface area contributed by atoms with Crippen LogP contribution in [0.25, 0.3) is 11.4 Å². The van der Waals surface area contributed by atoms with Gasteiger partial charge in [-0.15, -0.1) is 0 Å². The van der Waals surface area contributed by atoms with Crippen LogP contribution in [0.5, 0.6) is 0 Å². The lowest BCUT2D eigenvalue weighted by molar-refractivity contribution is 0.0430. The molecular formula is C15H9N3O3S. The Morgan fingerprint density at radius 1 is 1.41 bits per heavy atom. The van der Waals surface area contributed by atoms with Crippen LogP contribution in [0, 0.1) is 11.3 Å². The Balaban J connectivity index is 1.65. The van der Waals surface area contributed by atoms with Crippen molar-refractivity contribution in [2.45, 2.75) is 6.61 Å². The van der Waals surface area contributed by atoms with E-state index in [9.17, 15) is 4.79 Å². The van der Waals surface area contributed by atoms with E-state index in [0.717, 1.165) is 5.56 Å². The zero-order valence-corrected chi connectivity index (χ0v) is 12.0. The molecule has 22 heavy (non-hydrogen) atoms. The second-order valence-corrected chi connectivity index (χ2v) is 5.07. The molecule has 1 aromatic carbocycles. The molecule has 2 heterocycles. The third-order valence-corrected chi connectivity index (χ3v) is 3.48. The summed E-state index contributed by atoms with van der Waals surface area (Å²) in [4.78, 5) is 16.1. The lowest BCUT2D eigenvalue weighted by atomic mass is 10.1. The fourth-order valence-corrected chi connectivity index (χ4v) is 2.38. The Morgan fingerprint density at radius 2 is 2.32 bits per heavy atom. The highest BCUT2D eigenvalue weighted by Gasteiger charge is 2.13. The lowest BCUT2D eigenvalue weighted by Gasteiger charge is -2.01. The monoisotopic (exact) mass is 311 g/mol. The predicted molar refractivity (Wildman–Crippen MR) is 77.9 cm³/mol.